The number of benzene rings is 1. The van der Waals surface area contributed by atoms with Crippen molar-refractivity contribution in [1.82, 2.24) is 39.9 Å². The molecule has 4 aromatic heterocycles. The molecule has 1 amide bonds. The van der Waals surface area contributed by atoms with E-state index in [-0.39, 0.29) is 5.91 Å². The monoisotopic (exact) mass is 495 g/mol. The standard InChI is InChI=1S/C26H25N9O2/c1-17-29-24(37-33-17)19-4-5-21-22(14-19)31-26(30-21)32-23-13-18(6-8-28-23)16-34-9-11-35(12-10-34)25(36)20-3-2-7-27-15-20/h2-8,13-15H,9-12,16H2,1H3,(H2,28,30,31,32). The van der Waals surface area contributed by atoms with E-state index in [0.717, 1.165) is 41.8 Å². The van der Waals surface area contributed by atoms with Gasteiger partial charge in [0, 0.05) is 56.9 Å². The first-order valence-electron chi connectivity index (χ1n) is 12.0. The van der Waals surface area contributed by atoms with Crippen molar-refractivity contribution in [3.63, 3.8) is 0 Å². The molecule has 5 aromatic rings. The van der Waals surface area contributed by atoms with Crippen LogP contribution < -0.4 is 5.32 Å². The Kier molecular flexibility index (Phi) is 6.03. The molecule has 1 aromatic carbocycles. The summed E-state index contributed by atoms with van der Waals surface area (Å²) in [6.45, 7) is 5.56. The lowest BCUT2D eigenvalue weighted by molar-refractivity contribution is 0.0628. The second-order valence-corrected chi connectivity index (χ2v) is 8.95. The zero-order chi connectivity index (χ0) is 25.2. The summed E-state index contributed by atoms with van der Waals surface area (Å²) in [6, 6.07) is 13.4. The van der Waals surface area contributed by atoms with Gasteiger partial charge in [0.25, 0.3) is 11.8 Å². The molecule has 11 nitrogen and oxygen atoms in total. The molecule has 0 unspecified atom stereocenters. The van der Waals surface area contributed by atoms with Gasteiger partial charge in [-0.3, -0.25) is 14.7 Å². The molecule has 37 heavy (non-hydrogen) atoms. The highest BCUT2D eigenvalue weighted by Gasteiger charge is 2.22. The third kappa shape index (κ3) is 5.02. The molecule has 6 rings (SSSR count). The summed E-state index contributed by atoms with van der Waals surface area (Å²) in [7, 11) is 0. The number of aryl methyl sites for hydroxylation is 1. The van der Waals surface area contributed by atoms with Gasteiger partial charge in [0.2, 0.25) is 5.95 Å². The maximum Gasteiger partial charge on any atom is 0.257 e. The average Bonchev–Trinajstić information content (AvgIpc) is 3.54. The van der Waals surface area contributed by atoms with Crippen molar-refractivity contribution in [2.45, 2.75) is 13.5 Å². The van der Waals surface area contributed by atoms with Crippen LogP contribution in [0.15, 0.2) is 65.6 Å². The van der Waals surface area contributed by atoms with Crippen molar-refractivity contribution in [2.75, 3.05) is 31.5 Å². The number of nitrogens with zero attached hydrogens (tertiary/aromatic N) is 7. The Morgan fingerprint density at radius 2 is 1.97 bits per heavy atom. The van der Waals surface area contributed by atoms with E-state index in [9.17, 15) is 4.79 Å². The van der Waals surface area contributed by atoms with Crippen LogP contribution in [-0.2, 0) is 6.54 Å². The summed E-state index contributed by atoms with van der Waals surface area (Å²) in [5.41, 5.74) is 4.26. The zero-order valence-corrected chi connectivity index (χ0v) is 20.3. The molecule has 2 N–H and O–H groups in total. The number of nitrogens with one attached hydrogen (secondary N) is 2. The van der Waals surface area contributed by atoms with Crippen LogP contribution in [0.1, 0.15) is 21.7 Å². The van der Waals surface area contributed by atoms with E-state index in [4.69, 9.17) is 4.52 Å². The molecule has 5 heterocycles. The first-order chi connectivity index (χ1) is 18.1. The number of amides is 1. The number of H-pyrrole nitrogens is 1. The number of rotatable bonds is 6. The van der Waals surface area contributed by atoms with Gasteiger partial charge in [-0.2, -0.15) is 4.98 Å². The van der Waals surface area contributed by atoms with Gasteiger partial charge in [0.05, 0.1) is 16.6 Å². The van der Waals surface area contributed by atoms with Gasteiger partial charge < -0.3 is 19.7 Å². The van der Waals surface area contributed by atoms with Gasteiger partial charge in [0.1, 0.15) is 5.82 Å². The van der Waals surface area contributed by atoms with E-state index in [1.54, 1.807) is 31.6 Å². The Bertz CT molecular complexity index is 1540. The molecule has 1 saturated heterocycles. The zero-order valence-electron chi connectivity index (χ0n) is 20.3. The van der Waals surface area contributed by atoms with Crippen LogP contribution in [-0.4, -0.2) is 72.0 Å². The highest BCUT2D eigenvalue weighted by Crippen LogP contribution is 2.24. The lowest BCUT2D eigenvalue weighted by Gasteiger charge is -2.34. The van der Waals surface area contributed by atoms with E-state index in [1.807, 2.05) is 41.3 Å². The van der Waals surface area contributed by atoms with Gasteiger partial charge in [-0.25, -0.2) is 9.97 Å². The normalized spacial score (nSPS) is 14.2. The van der Waals surface area contributed by atoms with Crippen LogP contribution in [0.2, 0.25) is 0 Å². The lowest BCUT2D eigenvalue weighted by Crippen LogP contribution is -2.48. The fraction of sp³-hybridized carbons (Fsp3) is 0.231. The Hall–Kier alpha value is -4.64. The maximum atomic E-state index is 12.7. The molecule has 1 fully saturated rings. The molecule has 0 spiro atoms. The summed E-state index contributed by atoms with van der Waals surface area (Å²) in [6.07, 6.45) is 5.09. The number of aromatic amines is 1. The third-order valence-electron chi connectivity index (χ3n) is 6.30. The molecular formula is C26H25N9O2. The maximum absolute atomic E-state index is 12.7. The van der Waals surface area contributed by atoms with Crippen LogP contribution in [0.3, 0.4) is 0 Å². The lowest BCUT2D eigenvalue weighted by atomic mass is 10.2. The van der Waals surface area contributed by atoms with Gasteiger partial charge in [-0.1, -0.05) is 5.16 Å². The second-order valence-electron chi connectivity index (χ2n) is 8.95. The number of hydrogen-bond acceptors (Lipinski definition) is 9. The van der Waals surface area contributed by atoms with Crippen LogP contribution in [0, 0.1) is 6.92 Å². The van der Waals surface area contributed by atoms with E-state index >= 15 is 0 Å². The average molecular weight is 496 g/mol. The van der Waals surface area contributed by atoms with Crippen LogP contribution in [0.5, 0.6) is 0 Å². The fourth-order valence-electron chi connectivity index (χ4n) is 4.42. The number of hydrogen-bond donors (Lipinski definition) is 2. The molecule has 186 valence electrons. The first-order valence-corrected chi connectivity index (χ1v) is 12.0. The number of fused-ring (bicyclic) bond motifs is 1. The van der Waals surface area contributed by atoms with Gasteiger partial charge >= 0.3 is 0 Å². The van der Waals surface area contributed by atoms with Crippen molar-refractivity contribution in [3.8, 4) is 11.5 Å². The smallest absolute Gasteiger partial charge is 0.257 e. The van der Waals surface area contributed by atoms with Crippen molar-refractivity contribution in [1.29, 1.82) is 0 Å². The Morgan fingerprint density at radius 3 is 2.76 bits per heavy atom. The molecule has 0 radical (unpaired) electrons. The first kappa shape index (κ1) is 22.8. The molecule has 0 aliphatic carbocycles. The van der Waals surface area contributed by atoms with E-state index in [2.05, 4.69) is 40.3 Å². The molecule has 0 saturated carbocycles. The van der Waals surface area contributed by atoms with Crippen molar-refractivity contribution in [3.05, 3.63) is 78.0 Å². The Morgan fingerprint density at radius 1 is 1.08 bits per heavy atom. The van der Waals surface area contributed by atoms with Gasteiger partial charge in [-0.15, -0.1) is 0 Å². The number of aromatic nitrogens is 6. The van der Waals surface area contributed by atoms with Gasteiger partial charge in [0.15, 0.2) is 5.82 Å². The van der Waals surface area contributed by atoms with Crippen molar-refractivity contribution in [2.24, 2.45) is 0 Å². The third-order valence-corrected chi connectivity index (χ3v) is 6.30. The number of imidazole rings is 1. The second kappa shape index (κ2) is 9.78. The summed E-state index contributed by atoms with van der Waals surface area (Å²) in [5, 5.41) is 7.12. The quantitative estimate of drug-likeness (QED) is 0.364. The molecule has 1 aliphatic heterocycles. The molecule has 0 atom stereocenters. The summed E-state index contributed by atoms with van der Waals surface area (Å²) in [4.78, 5) is 37.6. The van der Waals surface area contributed by atoms with Crippen LogP contribution in [0.25, 0.3) is 22.5 Å². The minimum absolute atomic E-state index is 0.0355. The Labute approximate surface area is 212 Å². The van der Waals surface area contributed by atoms with Crippen LogP contribution >= 0.6 is 0 Å². The molecule has 0 bridgehead atoms. The largest absolute Gasteiger partial charge is 0.336 e. The molecule has 1 aliphatic rings. The predicted molar refractivity (Wildman–Crippen MR) is 137 cm³/mol. The number of carbonyl (C=O) groups is 1. The highest BCUT2D eigenvalue weighted by atomic mass is 16.5. The minimum Gasteiger partial charge on any atom is -0.336 e. The van der Waals surface area contributed by atoms with Crippen LogP contribution in [0.4, 0.5) is 11.8 Å². The number of pyridine rings is 2. The fourth-order valence-corrected chi connectivity index (χ4v) is 4.42. The van der Waals surface area contributed by atoms with Crippen molar-refractivity contribution >= 4 is 28.7 Å². The number of piperazine rings is 1. The van der Waals surface area contributed by atoms with E-state index < -0.39 is 0 Å². The van der Waals surface area contributed by atoms with E-state index in [1.165, 1.54) is 0 Å². The summed E-state index contributed by atoms with van der Waals surface area (Å²) < 4.78 is 5.27. The Balaban J connectivity index is 1.09. The van der Waals surface area contributed by atoms with Gasteiger partial charge in [-0.05, 0) is 55.0 Å². The predicted octanol–water partition coefficient (Wildman–Crippen LogP) is 3.41. The SMILES string of the molecule is Cc1noc(-c2ccc3nc(Nc4cc(CN5CCN(C(=O)c6cccnc6)CC5)ccn4)[nH]c3c2)n1. The number of carbonyl (C=O) groups excluding carboxylic acids is 1. The van der Waals surface area contributed by atoms with Crippen molar-refractivity contribution < 1.29 is 9.32 Å². The molecule has 11 heteroatoms. The van der Waals surface area contributed by atoms with E-state index in [0.29, 0.717) is 42.1 Å². The summed E-state index contributed by atoms with van der Waals surface area (Å²) >= 11 is 0. The number of anilines is 2. The topological polar surface area (TPSA) is 129 Å². The molecular weight excluding hydrogens is 470 g/mol. The summed E-state index contributed by atoms with van der Waals surface area (Å²) in [5.74, 6) is 2.40. The highest BCUT2D eigenvalue weighted by molar-refractivity contribution is 5.94. The minimum atomic E-state index is 0.0355.